The Balaban J connectivity index is 2.77. The Morgan fingerprint density at radius 1 is 1.16 bits per heavy atom. The van der Waals surface area contributed by atoms with Gasteiger partial charge in [-0.3, -0.25) is 4.79 Å². The van der Waals surface area contributed by atoms with Crippen LogP contribution in [0.1, 0.15) is 5.56 Å². The molecule has 0 aliphatic heterocycles. The maximum Gasteiger partial charge on any atom is 0.226 e. The highest BCUT2D eigenvalue weighted by Crippen LogP contribution is 2.13. The minimum atomic E-state index is -0.144. The number of carbonyl (C=O) groups excluding carboxylic acids is 1. The van der Waals surface area contributed by atoms with Crippen molar-refractivity contribution in [3.63, 3.8) is 0 Å². The first-order valence-corrected chi connectivity index (χ1v) is 5.61. The first-order valence-electron chi connectivity index (χ1n) is 5.61. The van der Waals surface area contributed by atoms with Crippen molar-refractivity contribution in [2.75, 3.05) is 14.1 Å². The van der Waals surface area contributed by atoms with E-state index in [9.17, 15) is 4.79 Å². The van der Waals surface area contributed by atoms with Crippen LogP contribution in [0.2, 0.25) is 0 Å². The fourth-order valence-electron chi connectivity index (χ4n) is 1.31. The molecule has 1 amide bonds. The molecule has 0 atom stereocenters. The zero-order valence-corrected chi connectivity index (χ0v) is 11.0. The number of nitrogens with zero attached hydrogens (tertiary/aromatic N) is 3. The van der Waals surface area contributed by atoms with Crippen molar-refractivity contribution in [2.24, 2.45) is 27.2 Å². The first kappa shape index (κ1) is 14.5. The number of benzene rings is 1. The Labute approximate surface area is 111 Å². The molecule has 19 heavy (non-hydrogen) atoms. The lowest BCUT2D eigenvalue weighted by Crippen LogP contribution is -2.26. The van der Waals surface area contributed by atoms with Gasteiger partial charge in [-0.2, -0.15) is 4.99 Å². The quantitative estimate of drug-likeness (QED) is 0.503. The number of amides is 1. The van der Waals surface area contributed by atoms with Crippen molar-refractivity contribution in [1.82, 2.24) is 4.90 Å². The SMILES string of the molecule is CN(C)C(=O)Cc1ccc(N=C(N)N=C(N)N)cc1. The Bertz CT molecular complexity index is 499. The number of aliphatic imine (C=N–C) groups is 2. The normalized spacial score (nSPS) is 10.9. The molecule has 0 bridgehead atoms. The van der Waals surface area contributed by atoms with E-state index in [2.05, 4.69) is 9.98 Å². The van der Waals surface area contributed by atoms with Crippen molar-refractivity contribution in [3.05, 3.63) is 29.8 Å². The highest BCUT2D eigenvalue weighted by Gasteiger charge is 2.05. The van der Waals surface area contributed by atoms with Gasteiger partial charge in [-0.1, -0.05) is 12.1 Å². The molecule has 0 radical (unpaired) electrons. The van der Waals surface area contributed by atoms with Gasteiger partial charge in [0.2, 0.25) is 11.9 Å². The van der Waals surface area contributed by atoms with Crippen molar-refractivity contribution in [1.29, 1.82) is 0 Å². The lowest BCUT2D eigenvalue weighted by Gasteiger charge is -2.09. The fraction of sp³-hybridized carbons (Fsp3) is 0.250. The molecule has 102 valence electrons. The second kappa shape index (κ2) is 6.39. The number of rotatable bonds is 3. The standard InChI is InChI=1S/C12H18N6O/c1-18(2)10(19)7-8-3-5-9(6-4-8)16-12(15)17-11(13)14/h3-6H,7H2,1-2H3,(H6,13,14,15,16,17). The van der Waals surface area contributed by atoms with E-state index in [0.29, 0.717) is 12.1 Å². The van der Waals surface area contributed by atoms with Gasteiger partial charge in [0.05, 0.1) is 12.1 Å². The molecule has 0 aliphatic carbocycles. The van der Waals surface area contributed by atoms with Crippen LogP contribution < -0.4 is 17.2 Å². The summed E-state index contributed by atoms with van der Waals surface area (Å²) in [7, 11) is 3.44. The van der Waals surface area contributed by atoms with Crippen LogP contribution in [0, 0.1) is 0 Å². The molecule has 7 nitrogen and oxygen atoms in total. The lowest BCUT2D eigenvalue weighted by atomic mass is 10.1. The van der Waals surface area contributed by atoms with Crippen molar-refractivity contribution in [3.8, 4) is 0 Å². The molecule has 7 heteroatoms. The van der Waals surface area contributed by atoms with Crippen molar-refractivity contribution >= 4 is 23.5 Å². The largest absolute Gasteiger partial charge is 0.370 e. The highest BCUT2D eigenvalue weighted by atomic mass is 16.2. The summed E-state index contributed by atoms with van der Waals surface area (Å²) in [6.45, 7) is 0. The Kier molecular flexibility index (Phi) is 4.87. The summed E-state index contributed by atoms with van der Waals surface area (Å²) in [4.78, 5) is 20.7. The van der Waals surface area contributed by atoms with Gasteiger partial charge in [0, 0.05) is 14.1 Å². The molecular formula is C12H18N6O. The van der Waals surface area contributed by atoms with Gasteiger partial charge in [0.1, 0.15) is 0 Å². The third-order valence-electron chi connectivity index (χ3n) is 2.28. The first-order chi connectivity index (χ1) is 8.88. The third-order valence-corrected chi connectivity index (χ3v) is 2.28. The number of carbonyl (C=O) groups is 1. The number of hydrogen-bond acceptors (Lipinski definition) is 2. The summed E-state index contributed by atoms with van der Waals surface area (Å²) < 4.78 is 0. The molecule has 0 saturated carbocycles. The summed E-state index contributed by atoms with van der Waals surface area (Å²) >= 11 is 0. The van der Waals surface area contributed by atoms with Gasteiger partial charge in [-0.25, -0.2) is 4.99 Å². The maximum absolute atomic E-state index is 11.5. The molecule has 0 fully saturated rings. The van der Waals surface area contributed by atoms with E-state index in [-0.39, 0.29) is 17.8 Å². The van der Waals surface area contributed by atoms with E-state index < -0.39 is 0 Å². The van der Waals surface area contributed by atoms with Crippen LogP contribution in [0.3, 0.4) is 0 Å². The van der Waals surface area contributed by atoms with Crippen molar-refractivity contribution in [2.45, 2.75) is 6.42 Å². The molecule has 6 N–H and O–H groups in total. The molecule has 1 aromatic carbocycles. The van der Waals surface area contributed by atoms with Gasteiger partial charge >= 0.3 is 0 Å². The van der Waals surface area contributed by atoms with Gasteiger partial charge in [0.15, 0.2) is 5.96 Å². The number of hydrogen-bond donors (Lipinski definition) is 3. The molecule has 0 saturated heterocycles. The van der Waals surface area contributed by atoms with E-state index in [4.69, 9.17) is 17.2 Å². The Hall–Kier alpha value is -2.57. The summed E-state index contributed by atoms with van der Waals surface area (Å²) in [6.07, 6.45) is 0.348. The molecular weight excluding hydrogens is 244 g/mol. The maximum atomic E-state index is 11.5. The van der Waals surface area contributed by atoms with E-state index in [0.717, 1.165) is 5.56 Å². The van der Waals surface area contributed by atoms with Gasteiger partial charge in [-0.15, -0.1) is 0 Å². The average molecular weight is 262 g/mol. The van der Waals surface area contributed by atoms with E-state index in [1.807, 2.05) is 12.1 Å². The summed E-state index contributed by atoms with van der Waals surface area (Å²) in [5.41, 5.74) is 17.4. The van der Waals surface area contributed by atoms with E-state index >= 15 is 0 Å². The zero-order chi connectivity index (χ0) is 14.4. The molecule has 0 heterocycles. The van der Waals surface area contributed by atoms with E-state index in [1.54, 1.807) is 31.1 Å². The van der Waals surface area contributed by atoms with Gasteiger partial charge in [0.25, 0.3) is 0 Å². The van der Waals surface area contributed by atoms with Crippen LogP contribution in [0.4, 0.5) is 5.69 Å². The molecule has 0 aliphatic rings. The minimum absolute atomic E-state index is 0.0166. The molecule has 0 spiro atoms. The molecule has 1 aromatic rings. The molecule has 1 rings (SSSR count). The predicted molar refractivity (Wildman–Crippen MR) is 75.9 cm³/mol. The van der Waals surface area contributed by atoms with Crippen LogP contribution in [0.25, 0.3) is 0 Å². The summed E-state index contributed by atoms with van der Waals surface area (Å²) in [5.74, 6) is -0.122. The van der Waals surface area contributed by atoms with Crippen LogP contribution in [0.15, 0.2) is 34.3 Å². The molecule has 0 aromatic heterocycles. The van der Waals surface area contributed by atoms with Crippen LogP contribution in [0.5, 0.6) is 0 Å². The number of likely N-dealkylation sites (N-methyl/N-ethyl adjacent to an activating group) is 1. The van der Waals surface area contributed by atoms with Crippen LogP contribution in [-0.4, -0.2) is 36.8 Å². The van der Waals surface area contributed by atoms with Crippen LogP contribution in [-0.2, 0) is 11.2 Å². The third kappa shape index (κ3) is 5.07. The van der Waals surface area contributed by atoms with E-state index in [1.165, 1.54) is 0 Å². The lowest BCUT2D eigenvalue weighted by molar-refractivity contribution is -0.127. The summed E-state index contributed by atoms with van der Waals surface area (Å²) in [5, 5.41) is 0. The smallest absolute Gasteiger partial charge is 0.226 e. The molecule has 0 unspecified atom stereocenters. The Morgan fingerprint density at radius 2 is 1.74 bits per heavy atom. The number of guanidine groups is 2. The van der Waals surface area contributed by atoms with Crippen molar-refractivity contribution < 1.29 is 4.79 Å². The predicted octanol–water partition coefficient (Wildman–Crippen LogP) is -0.463. The fourth-order valence-corrected chi connectivity index (χ4v) is 1.31. The summed E-state index contributed by atoms with van der Waals surface area (Å²) in [6, 6.07) is 7.10. The van der Waals surface area contributed by atoms with Gasteiger partial charge in [-0.05, 0) is 17.7 Å². The minimum Gasteiger partial charge on any atom is -0.370 e. The second-order valence-electron chi connectivity index (χ2n) is 4.14. The zero-order valence-electron chi connectivity index (χ0n) is 11.0. The topological polar surface area (TPSA) is 123 Å². The highest BCUT2D eigenvalue weighted by molar-refractivity contribution is 5.93. The van der Waals surface area contributed by atoms with Gasteiger partial charge < -0.3 is 22.1 Å². The number of nitrogens with two attached hydrogens (primary N) is 3. The van der Waals surface area contributed by atoms with Crippen LogP contribution >= 0.6 is 0 Å². The second-order valence-corrected chi connectivity index (χ2v) is 4.14. The average Bonchev–Trinajstić information content (AvgIpc) is 2.30. The monoisotopic (exact) mass is 262 g/mol. The Morgan fingerprint density at radius 3 is 2.21 bits per heavy atom.